The Kier molecular flexibility index (Phi) is 4.50. The Hall–Kier alpha value is -1.46. The molecule has 3 N–H and O–H groups in total. The number of nitrogens with two attached hydrogens (primary N) is 1. The van der Waals surface area contributed by atoms with Crippen molar-refractivity contribution >= 4 is 21.7 Å². The van der Waals surface area contributed by atoms with Crippen LogP contribution in [0.2, 0.25) is 0 Å². The van der Waals surface area contributed by atoms with Gasteiger partial charge in [-0.05, 0) is 52.7 Å². The van der Waals surface area contributed by atoms with Gasteiger partial charge in [0.1, 0.15) is 5.82 Å². The zero-order valence-corrected chi connectivity index (χ0v) is 12.6. The number of pyridine rings is 2. The lowest BCUT2D eigenvalue weighted by Crippen LogP contribution is -2.23. The highest BCUT2D eigenvalue weighted by Crippen LogP contribution is 2.27. The van der Waals surface area contributed by atoms with E-state index in [0.717, 1.165) is 27.7 Å². The molecule has 0 saturated heterocycles. The lowest BCUT2D eigenvalue weighted by Gasteiger charge is -2.20. The van der Waals surface area contributed by atoms with Crippen LogP contribution in [0.25, 0.3) is 0 Å². The first kappa shape index (κ1) is 14.0. The van der Waals surface area contributed by atoms with Crippen LogP contribution in [0.3, 0.4) is 0 Å². The molecule has 0 radical (unpaired) electrons. The van der Waals surface area contributed by atoms with Gasteiger partial charge in [-0.2, -0.15) is 0 Å². The van der Waals surface area contributed by atoms with Gasteiger partial charge in [0, 0.05) is 28.6 Å². The highest BCUT2D eigenvalue weighted by Gasteiger charge is 2.17. The van der Waals surface area contributed by atoms with Crippen molar-refractivity contribution in [3.8, 4) is 0 Å². The summed E-state index contributed by atoms with van der Waals surface area (Å²) in [5.41, 5.74) is 9.16. The summed E-state index contributed by atoms with van der Waals surface area (Å²) in [6, 6.07) is 4.11. The van der Waals surface area contributed by atoms with E-state index in [1.807, 2.05) is 19.2 Å². The smallest absolute Gasteiger partial charge is 0.128 e. The molecule has 2 aromatic rings. The van der Waals surface area contributed by atoms with Crippen molar-refractivity contribution in [2.75, 3.05) is 12.3 Å². The predicted molar refractivity (Wildman–Crippen MR) is 80.8 cm³/mol. The second-order valence-electron chi connectivity index (χ2n) is 4.41. The number of hydrogen-bond donors (Lipinski definition) is 2. The van der Waals surface area contributed by atoms with Gasteiger partial charge in [-0.1, -0.05) is 6.92 Å². The Morgan fingerprint density at radius 3 is 2.79 bits per heavy atom. The summed E-state index contributed by atoms with van der Waals surface area (Å²) in [7, 11) is 0. The van der Waals surface area contributed by atoms with Gasteiger partial charge in [0.2, 0.25) is 0 Å². The molecular weight excluding hydrogens is 304 g/mol. The molecule has 0 aliphatic rings. The first-order chi connectivity index (χ1) is 9.11. The van der Waals surface area contributed by atoms with Crippen molar-refractivity contribution < 1.29 is 0 Å². The molecule has 0 spiro atoms. The average Bonchev–Trinajstić information content (AvgIpc) is 2.39. The maximum atomic E-state index is 6.01. The maximum absolute atomic E-state index is 6.01. The number of aryl methyl sites for hydroxylation is 1. The van der Waals surface area contributed by atoms with Gasteiger partial charge in [-0.25, -0.2) is 4.98 Å². The number of aromatic nitrogens is 2. The third-order valence-corrected chi connectivity index (χ3v) is 3.30. The molecule has 1 atom stereocenters. The molecule has 0 bridgehead atoms. The van der Waals surface area contributed by atoms with Gasteiger partial charge in [0.25, 0.3) is 0 Å². The second kappa shape index (κ2) is 6.12. The van der Waals surface area contributed by atoms with Crippen molar-refractivity contribution in [1.29, 1.82) is 0 Å². The van der Waals surface area contributed by atoms with E-state index in [4.69, 9.17) is 5.73 Å². The van der Waals surface area contributed by atoms with E-state index >= 15 is 0 Å². The van der Waals surface area contributed by atoms with Crippen LogP contribution < -0.4 is 11.1 Å². The summed E-state index contributed by atoms with van der Waals surface area (Å²) in [4.78, 5) is 8.45. The molecule has 1 unspecified atom stereocenters. The first-order valence-electron chi connectivity index (χ1n) is 6.17. The van der Waals surface area contributed by atoms with Crippen LogP contribution in [-0.4, -0.2) is 16.5 Å². The van der Waals surface area contributed by atoms with E-state index in [1.54, 1.807) is 12.4 Å². The fraction of sp³-hybridized carbons (Fsp3) is 0.286. The monoisotopic (exact) mass is 320 g/mol. The van der Waals surface area contributed by atoms with E-state index in [-0.39, 0.29) is 6.04 Å². The van der Waals surface area contributed by atoms with Crippen molar-refractivity contribution in [3.05, 3.63) is 51.9 Å². The first-order valence-corrected chi connectivity index (χ1v) is 6.97. The summed E-state index contributed by atoms with van der Waals surface area (Å²) in [5, 5.41) is 3.43. The lowest BCUT2D eigenvalue weighted by molar-refractivity contribution is 0.627. The van der Waals surface area contributed by atoms with E-state index in [0.29, 0.717) is 5.82 Å². The SMILES string of the molecule is CCNC(c1cncc(Br)c1)c1cc(C)cnc1N. The van der Waals surface area contributed by atoms with E-state index in [2.05, 4.69) is 44.2 Å². The van der Waals surface area contributed by atoms with Gasteiger partial charge in [0.05, 0.1) is 6.04 Å². The number of nitrogen functional groups attached to an aromatic ring is 1. The molecule has 2 aromatic heterocycles. The van der Waals surface area contributed by atoms with Crippen molar-refractivity contribution in [2.45, 2.75) is 19.9 Å². The fourth-order valence-electron chi connectivity index (χ4n) is 2.03. The zero-order chi connectivity index (χ0) is 13.8. The Morgan fingerprint density at radius 1 is 1.32 bits per heavy atom. The number of nitrogens with one attached hydrogen (secondary N) is 1. The number of anilines is 1. The van der Waals surface area contributed by atoms with Crippen molar-refractivity contribution in [3.63, 3.8) is 0 Å². The van der Waals surface area contributed by atoms with E-state index in [9.17, 15) is 0 Å². The molecule has 2 heterocycles. The molecule has 5 heteroatoms. The molecular formula is C14H17BrN4. The van der Waals surface area contributed by atoms with Crippen LogP contribution in [0.15, 0.2) is 35.2 Å². The normalized spacial score (nSPS) is 12.4. The average molecular weight is 321 g/mol. The van der Waals surface area contributed by atoms with Crippen LogP contribution in [0.5, 0.6) is 0 Å². The van der Waals surface area contributed by atoms with Gasteiger partial charge >= 0.3 is 0 Å². The molecule has 0 amide bonds. The highest BCUT2D eigenvalue weighted by atomic mass is 79.9. The Morgan fingerprint density at radius 2 is 2.11 bits per heavy atom. The van der Waals surface area contributed by atoms with Gasteiger partial charge in [-0.3, -0.25) is 4.98 Å². The number of rotatable bonds is 4. The van der Waals surface area contributed by atoms with Crippen molar-refractivity contribution in [2.24, 2.45) is 0 Å². The van der Waals surface area contributed by atoms with Gasteiger partial charge < -0.3 is 11.1 Å². The largest absolute Gasteiger partial charge is 0.383 e. The number of hydrogen-bond acceptors (Lipinski definition) is 4. The minimum atomic E-state index is 0.00222. The number of nitrogens with zero attached hydrogens (tertiary/aromatic N) is 2. The van der Waals surface area contributed by atoms with E-state index < -0.39 is 0 Å². The van der Waals surface area contributed by atoms with Crippen LogP contribution in [-0.2, 0) is 0 Å². The van der Waals surface area contributed by atoms with E-state index in [1.165, 1.54) is 0 Å². The minimum Gasteiger partial charge on any atom is -0.383 e. The fourth-order valence-corrected chi connectivity index (χ4v) is 2.41. The topological polar surface area (TPSA) is 63.8 Å². The zero-order valence-electron chi connectivity index (χ0n) is 11.0. The molecule has 0 saturated carbocycles. The maximum Gasteiger partial charge on any atom is 0.128 e. The molecule has 2 rings (SSSR count). The second-order valence-corrected chi connectivity index (χ2v) is 5.33. The van der Waals surface area contributed by atoms with Crippen molar-refractivity contribution in [1.82, 2.24) is 15.3 Å². The summed E-state index contributed by atoms with van der Waals surface area (Å²) in [6.07, 6.45) is 5.39. The summed E-state index contributed by atoms with van der Waals surface area (Å²) in [6.45, 7) is 4.92. The van der Waals surface area contributed by atoms with Gasteiger partial charge in [0.15, 0.2) is 0 Å². The molecule has 0 aliphatic carbocycles. The Bertz CT molecular complexity index is 571. The quantitative estimate of drug-likeness (QED) is 0.909. The molecule has 0 fully saturated rings. The third-order valence-electron chi connectivity index (χ3n) is 2.86. The molecule has 4 nitrogen and oxygen atoms in total. The highest BCUT2D eigenvalue weighted by molar-refractivity contribution is 9.10. The van der Waals surface area contributed by atoms with Gasteiger partial charge in [-0.15, -0.1) is 0 Å². The predicted octanol–water partition coefficient (Wildman–Crippen LogP) is 2.83. The van der Waals surface area contributed by atoms with Crippen LogP contribution >= 0.6 is 15.9 Å². The van der Waals surface area contributed by atoms with Crippen LogP contribution in [0.4, 0.5) is 5.82 Å². The molecule has 0 aliphatic heterocycles. The third kappa shape index (κ3) is 3.30. The standard InChI is InChI=1S/C14H17BrN4/c1-3-18-13(10-5-11(15)8-17-7-10)12-4-9(2)6-19-14(12)16/h4-8,13,18H,3H2,1-2H3,(H2,16,19). The molecule has 0 aromatic carbocycles. The molecule has 19 heavy (non-hydrogen) atoms. The minimum absolute atomic E-state index is 0.00222. The van der Waals surface area contributed by atoms with Crippen LogP contribution in [0, 0.1) is 6.92 Å². The summed E-state index contributed by atoms with van der Waals surface area (Å²) in [5.74, 6) is 0.552. The summed E-state index contributed by atoms with van der Waals surface area (Å²) >= 11 is 3.45. The molecule has 100 valence electrons. The van der Waals surface area contributed by atoms with Crippen LogP contribution in [0.1, 0.15) is 29.7 Å². The summed E-state index contributed by atoms with van der Waals surface area (Å²) < 4.78 is 0.951. The number of halogens is 1. The lowest BCUT2D eigenvalue weighted by atomic mass is 9.99. The Labute approximate surface area is 121 Å². The Balaban J connectivity index is 2.48.